The lowest BCUT2D eigenvalue weighted by Crippen LogP contribution is -2.39. The topological polar surface area (TPSA) is 64.1 Å². The van der Waals surface area contributed by atoms with Crippen molar-refractivity contribution in [2.75, 3.05) is 40.5 Å². The van der Waals surface area contributed by atoms with Crippen molar-refractivity contribution >= 4 is 5.96 Å². The summed E-state index contributed by atoms with van der Waals surface area (Å²) in [5.74, 6) is 1.82. The van der Waals surface area contributed by atoms with Crippen LogP contribution >= 0.6 is 0 Å². The van der Waals surface area contributed by atoms with Crippen molar-refractivity contribution in [3.63, 3.8) is 0 Å². The molecule has 6 nitrogen and oxygen atoms in total. The summed E-state index contributed by atoms with van der Waals surface area (Å²) in [6, 6.07) is 5.02. The van der Waals surface area contributed by atoms with Gasteiger partial charge in [0.15, 0.2) is 17.5 Å². The first-order chi connectivity index (χ1) is 13.1. The second kappa shape index (κ2) is 11.6. The van der Waals surface area contributed by atoms with E-state index in [1.165, 1.54) is 20.0 Å². The number of rotatable bonds is 12. The Labute approximate surface area is 159 Å². The van der Waals surface area contributed by atoms with Gasteiger partial charge in [0.05, 0.1) is 7.11 Å². The normalized spacial score (nSPS) is 14.3. The molecule has 1 aliphatic carbocycles. The maximum atomic E-state index is 12.5. The van der Waals surface area contributed by atoms with E-state index in [1.807, 2.05) is 6.07 Å². The molecule has 8 heteroatoms. The van der Waals surface area contributed by atoms with Gasteiger partial charge < -0.3 is 24.8 Å². The van der Waals surface area contributed by atoms with E-state index in [1.54, 1.807) is 19.2 Å². The minimum Gasteiger partial charge on any atom is -0.493 e. The molecule has 1 fully saturated rings. The van der Waals surface area contributed by atoms with Gasteiger partial charge in [0.25, 0.3) is 0 Å². The second-order valence-corrected chi connectivity index (χ2v) is 6.41. The average Bonchev–Trinajstić information content (AvgIpc) is 3.47. The predicted octanol–water partition coefficient (Wildman–Crippen LogP) is 2.82. The summed E-state index contributed by atoms with van der Waals surface area (Å²) in [4.78, 5) is 4.17. The molecule has 1 aromatic rings. The van der Waals surface area contributed by atoms with Crippen LogP contribution in [0.5, 0.6) is 11.5 Å². The number of hydrogen-bond donors (Lipinski definition) is 2. The molecule has 152 valence electrons. The van der Waals surface area contributed by atoms with E-state index in [2.05, 4.69) is 20.4 Å². The standard InChI is InChI=1S/C19H29F2N3O3/c1-22-19(23-9-3-11-26-13-15-4-5-15)24-10-8-14-6-7-16(25-2)17(12-14)27-18(20)21/h6-7,12,15,18H,3-5,8-11,13H2,1-2H3,(H2,22,23,24). The highest BCUT2D eigenvalue weighted by molar-refractivity contribution is 5.79. The number of nitrogens with zero attached hydrogens (tertiary/aromatic N) is 1. The molecule has 1 aromatic carbocycles. The van der Waals surface area contributed by atoms with Gasteiger partial charge in [-0.25, -0.2) is 0 Å². The fourth-order valence-corrected chi connectivity index (χ4v) is 2.53. The zero-order valence-corrected chi connectivity index (χ0v) is 16.0. The van der Waals surface area contributed by atoms with Crippen LogP contribution in [-0.4, -0.2) is 53.0 Å². The number of halogens is 2. The van der Waals surface area contributed by atoms with E-state index in [9.17, 15) is 8.78 Å². The summed E-state index contributed by atoms with van der Waals surface area (Å²) in [7, 11) is 3.13. The molecule has 2 rings (SSSR count). The summed E-state index contributed by atoms with van der Waals surface area (Å²) in [6.45, 7) is 0.131. The number of guanidine groups is 1. The summed E-state index contributed by atoms with van der Waals surface area (Å²) < 4.78 is 40.1. The predicted molar refractivity (Wildman–Crippen MR) is 101 cm³/mol. The Kier molecular flexibility index (Phi) is 9.10. The lowest BCUT2D eigenvalue weighted by Gasteiger charge is -2.13. The van der Waals surface area contributed by atoms with Crippen molar-refractivity contribution in [2.24, 2.45) is 10.9 Å². The Morgan fingerprint density at radius 1 is 1.22 bits per heavy atom. The van der Waals surface area contributed by atoms with E-state index in [0.29, 0.717) is 18.9 Å². The minimum atomic E-state index is -2.89. The van der Waals surface area contributed by atoms with Gasteiger partial charge in [0, 0.05) is 33.4 Å². The molecule has 0 bridgehead atoms. The highest BCUT2D eigenvalue weighted by atomic mass is 19.3. The van der Waals surface area contributed by atoms with E-state index in [-0.39, 0.29) is 11.5 Å². The van der Waals surface area contributed by atoms with Crippen LogP contribution in [0.25, 0.3) is 0 Å². The maximum absolute atomic E-state index is 12.5. The van der Waals surface area contributed by atoms with Gasteiger partial charge in [0.1, 0.15) is 0 Å². The molecule has 1 aliphatic rings. The number of alkyl halides is 2. The third-order valence-electron chi connectivity index (χ3n) is 4.18. The highest BCUT2D eigenvalue weighted by Gasteiger charge is 2.20. The number of hydrogen-bond acceptors (Lipinski definition) is 4. The van der Waals surface area contributed by atoms with Crippen molar-refractivity contribution in [2.45, 2.75) is 32.3 Å². The largest absolute Gasteiger partial charge is 0.493 e. The monoisotopic (exact) mass is 385 g/mol. The molecule has 2 N–H and O–H groups in total. The van der Waals surface area contributed by atoms with Crippen LogP contribution in [0.4, 0.5) is 8.78 Å². The maximum Gasteiger partial charge on any atom is 0.387 e. The van der Waals surface area contributed by atoms with Gasteiger partial charge >= 0.3 is 6.61 Å². The summed E-state index contributed by atoms with van der Waals surface area (Å²) in [5.41, 5.74) is 0.864. The molecular weight excluding hydrogens is 356 g/mol. The van der Waals surface area contributed by atoms with Gasteiger partial charge in [-0.2, -0.15) is 8.78 Å². The lowest BCUT2D eigenvalue weighted by molar-refractivity contribution is -0.0512. The Bertz CT molecular complexity index is 596. The van der Waals surface area contributed by atoms with Gasteiger partial charge in [-0.1, -0.05) is 6.07 Å². The minimum absolute atomic E-state index is 0.0405. The van der Waals surface area contributed by atoms with Crippen LogP contribution in [0, 0.1) is 5.92 Å². The quantitative estimate of drug-likeness (QED) is 0.329. The number of nitrogens with one attached hydrogen (secondary N) is 2. The van der Waals surface area contributed by atoms with E-state index in [4.69, 9.17) is 9.47 Å². The van der Waals surface area contributed by atoms with Crippen LogP contribution in [0.15, 0.2) is 23.2 Å². The first-order valence-electron chi connectivity index (χ1n) is 9.26. The van der Waals surface area contributed by atoms with Crippen molar-refractivity contribution in [3.8, 4) is 11.5 Å². The van der Waals surface area contributed by atoms with Crippen molar-refractivity contribution in [1.29, 1.82) is 0 Å². The Morgan fingerprint density at radius 2 is 2.00 bits per heavy atom. The molecule has 0 radical (unpaired) electrons. The van der Waals surface area contributed by atoms with E-state index >= 15 is 0 Å². The van der Waals surface area contributed by atoms with Gasteiger partial charge in [-0.05, 0) is 49.3 Å². The molecule has 0 amide bonds. The van der Waals surface area contributed by atoms with E-state index < -0.39 is 6.61 Å². The Morgan fingerprint density at radius 3 is 2.67 bits per heavy atom. The van der Waals surface area contributed by atoms with Crippen LogP contribution in [0.3, 0.4) is 0 Å². The first kappa shape index (κ1) is 21.2. The molecule has 27 heavy (non-hydrogen) atoms. The summed E-state index contributed by atoms with van der Waals surface area (Å²) in [5, 5.41) is 6.43. The number of methoxy groups -OCH3 is 1. The Hall–Kier alpha value is -2.09. The summed E-state index contributed by atoms with van der Waals surface area (Å²) >= 11 is 0. The third-order valence-corrected chi connectivity index (χ3v) is 4.18. The number of ether oxygens (including phenoxy) is 3. The fraction of sp³-hybridized carbons (Fsp3) is 0.632. The van der Waals surface area contributed by atoms with Gasteiger partial charge in [0.2, 0.25) is 0 Å². The molecule has 0 spiro atoms. The molecule has 1 saturated carbocycles. The van der Waals surface area contributed by atoms with Crippen molar-refractivity contribution < 1.29 is 23.0 Å². The lowest BCUT2D eigenvalue weighted by atomic mass is 10.1. The fourth-order valence-electron chi connectivity index (χ4n) is 2.53. The summed E-state index contributed by atoms with van der Waals surface area (Å²) in [6.07, 6.45) is 4.16. The molecular formula is C19H29F2N3O3. The number of aliphatic imine (C=N–C) groups is 1. The molecule has 0 heterocycles. The molecule has 0 unspecified atom stereocenters. The van der Waals surface area contributed by atoms with Crippen molar-refractivity contribution in [1.82, 2.24) is 10.6 Å². The third kappa shape index (κ3) is 8.43. The molecule has 0 saturated heterocycles. The Balaban J connectivity index is 1.66. The van der Waals surface area contributed by atoms with E-state index in [0.717, 1.165) is 37.7 Å². The molecule has 0 atom stereocenters. The van der Waals surface area contributed by atoms with Crippen LogP contribution < -0.4 is 20.1 Å². The van der Waals surface area contributed by atoms with Gasteiger partial charge in [-0.3, -0.25) is 4.99 Å². The zero-order chi connectivity index (χ0) is 19.5. The van der Waals surface area contributed by atoms with Crippen molar-refractivity contribution in [3.05, 3.63) is 23.8 Å². The van der Waals surface area contributed by atoms with Crippen LogP contribution in [0.1, 0.15) is 24.8 Å². The SMILES string of the molecule is CN=C(NCCCOCC1CC1)NCCc1ccc(OC)c(OC(F)F)c1. The van der Waals surface area contributed by atoms with Gasteiger partial charge in [-0.15, -0.1) is 0 Å². The highest BCUT2D eigenvalue weighted by Crippen LogP contribution is 2.29. The van der Waals surface area contributed by atoms with Crippen LogP contribution in [0.2, 0.25) is 0 Å². The molecule has 0 aromatic heterocycles. The molecule has 0 aliphatic heterocycles. The average molecular weight is 385 g/mol. The number of benzene rings is 1. The second-order valence-electron chi connectivity index (χ2n) is 6.41. The smallest absolute Gasteiger partial charge is 0.387 e. The first-order valence-corrected chi connectivity index (χ1v) is 9.26. The zero-order valence-electron chi connectivity index (χ0n) is 16.0. The van der Waals surface area contributed by atoms with Crippen LogP contribution in [-0.2, 0) is 11.2 Å².